The van der Waals surface area contributed by atoms with Crippen LogP contribution in [0.1, 0.15) is 25.3 Å². The average molecular weight is 313 g/mol. The molecule has 0 aromatic heterocycles. The fourth-order valence-corrected chi connectivity index (χ4v) is 2.99. The Hall–Kier alpha value is -0.940. The summed E-state index contributed by atoms with van der Waals surface area (Å²) in [4.78, 5) is 12.9. The summed E-state index contributed by atoms with van der Waals surface area (Å²) in [5, 5.41) is 10.9. The monoisotopic (exact) mass is 312 g/mol. The van der Waals surface area contributed by atoms with Gasteiger partial charge in [-0.2, -0.15) is 0 Å². The highest BCUT2D eigenvalue weighted by Crippen LogP contribution is 2.30. The molecule has 1 atom stereocenters. The van der Waals surface area contributed by atoms with Gasteiger partial charge in [-0.1, -0.05) is 25.5 Å². The molecule has 0 spiro atoms. The molecule has 1 fully saturated rings. The van der Waals surface area contributed by atoms with Gasteiger partial charge in [0.15, 0.2) is 0 Å². The minimum atomic E-state index is -0.341. The van der Waals surface area contributed by atoms with Crippen molar-refractivity contribution in [2.75, 3.05) is 13.1 Å². The molecule has 5 heteroatoms. The van der Waals surface area contributed by atoms with E-state index in [4.69, 9.17) is 0 Å². The minimum Gasteiger partial charge on any atom is -0.299 e. The summed E-state index contributed by atoms with van der Waals surface area (Å²) in [7, 11) is 0. The molecule has 0 radical (unpaired) electrons. The molecular weight excluding hydrogens is 296 g/mol. The van der Waals surface area contributed by atoms with Crippen LogP contribution in [-0.2, 0) is 6.54 Å². The van der Waals surface area contributed by atoms with E-state index in [-0.39, 0.29) is 10.6 Å². The number of halogens is 1. The van der Waals surface area contributed by atoms with Gasteiger partial charge < -0.3 is 0 Å². The fraction of sp³-hybridized carbons (Fsp3) is 0.538. The zero-order valence-corrected chi connectivity index (χ0v) is 12.0. The van der Waals surface area contributed by atoms with Gasteiger partial charge in [0, 0.05) is 19.2 Å². The molecule has 1 aliphatic heterocycles. The van der Waals surface area contributed by atoms with Gasteiger partial charge in [-0.15, -0.1) is 0 Å². The molecule has 1 heterocycles. The normalized spacial score (nSPS) is 20.2. The fourth-order valence-electron chi connectivity index (χ4n) is 2.46. The van der Waals surface area contributed by atoms with E-state index >= 15 is 0 Å². The summed E-state index contributed by atoms with van der Waals surface area (Å²) in [5.74, 6) is 0.780. The number of likely N-dealkylation sites (tertiary alicyclic amines) is 1. The lowest BCUT2D eigenvalue weighted by molar-refractivity contribution is -0.385. The molecule has 1 unspecified atom stereocenters. The molecule has 0 amide bonds. The smallest absolute Gasteiger partial charge is 0.283 e. The van der Waals surface area contributed by atoms with Gasteiger partial charge in [-0.3, -0.25) is 15.0 Å². The van der Waals surface area contributed by atoms with Crippen molar-refractivity contribution in [2.45, 2.75) is 26.3 Å². The SMILES string of the molecule is CCC1CCN(Cc2cccc([N+](=O)[O-])c2Br)C1. The van der Waals surface area contributed by atoms with E-state index in [0.29, 0.717) is 4.47 Å². The van der Waals surface area contributed by atoms with Crippen LogP contribution in [0.3, 0.4) is 0 Å². The molecule has 2 rings (SSSR count). The molecule has 0 aliphatic carbocycles. The predicted octanol–water partition coefficient (Wildman–Crippen LogP) is 3.59. The lowest BCUT2D eigenvalue weighted by Crippen LogP contribution is -2.20. The van der Waals surface area contributed by atoms with E-state index in [1.54, 1.807) is 6.07 Å². The van der Waals surface area contributed by atoms with Gasteiger partial charge in [0.25, 0.3) is 5.69 Å². The van der Waals surface area contributed by atoms with Crippen molar-refractivity contribution in [3.8, 4) is 0 Å². The van der Waals surface area contributed by atoms with E-state index in [9.17, 15) is 10.1 Å². The van der Waals surface area contributed by atoms with Gasteiger partial charge in [0.2, 0.25) is 0 Å². The van der Waals surface area contributed by atoms with Crippen LogP contribution < -0.4 is 0 Å². The predicted molar refractivity (Wildman–Crippen MR) is 74.5 cm³/mol. The van der Waals surface area contributed by atoms with Crippen LogP contribution in [0.25, 0.3) is 0 Å². The molecule has 1 saturated heterocycles. The molecule has 1 aliphatic rings. The summed E-state index contributed by atoms with van der Waals surface area (Å²) in [5.41, 5.74) is 1.15. The topological polar surface area (TPSA) is 46.4 Å². The Kier molecular flexibility index (Phi) is 4.35. The summed E-state index contributed by atoms with van der Waals surface area (Å²) in [6.45, 7) is 5.20. The van der Waals surface area contributed by atoms with Crippen molar-refractivity contribution in [3.63, 3.8) is 0 Å². The lowest BCUT2D eigenvalue weighted by atomic mass is 10.1. The summed E-state index contributed by atoms with van der Waals surface area (Å²) >= 11 is 3.35. The maximum Gasteiger partial charge on any atom is 0.283 e. The zero-order valence-electron chi connectivity index (χ0n) is 10.4. The molecule has 0 N–H and O–H groups in total. The van der Waals surface area contributed by atoms with Gasteiger partial charge >= 0.3 is 0 Å². The Labute approximate surface area is 115 Å². The second-order valence-corrected chi connectivity index (χ2v) is 5.60. The van der Waals surface area contributed by atoms with Gasteiger partial charge in [0.05, 0.1) is 9.40 Å². The zero-order chi connectivity index (χ0) is 13.1. The summed E-state index contributed by atoms with van der Waals surface area (Å²) in [6.07, 6.45) is 2.45. The highest BCUT2D eigenvalue weighted by atomic mass is 79.9. The molecule has 18 heavy (non-hydrogen) atoms. The molecule has 1 aromatic rings. The highest BCUT2D eigenvalue weighted by Gasteiger charge is 2.23. The van der Waals surface area contributed by atoms with Crippen molar-refractivity contribution < 1.29 is 4.92 Å². The van der Waals surface area contributed by atoms with Crippen molar-refractivity contribution in [1.29, 1.82) is 0 Å². The molecule has 0 saturated carbocycles. The Morgan fingerprint density at radius 2 is 2.33 bits per heavy atom. The lowest BCUT2D eigenvalue weighted by Gasteiger charge is -2.16. The third-order valence-electron chi connectivity index (χ3n) is 3.60. The number of rotatable bonds is 4. The van der Waals surface area contributed by atoms with Gasteiger partial charge in [-0.05, 0) is 40.4 Å². The molecule has 1 aromatic carbocycles. The van der Waals surface area contributed by atoms with Crippen LogP contribution in [0, 0.1) is 16.0 Å². The number of hydrogen-bond donors (Lipinski definition) is 0. The third-order valence-corrected chi connectivity index (χ3v) is 4.51. The number of benzene rings is 1. The number of nitro groups is 1. The maximum absolute atomic E-state index is 10.9. The van der Waals surface area contributed by atoms with Crippen molar-refractivity contribution in [1.82, 2.24) is 4.90 Å². The van der Waals surface area contributed by atoms with E-state index in [1.807, 2.05) is 6.07 Å². The number of hydrogen-bond acceptors (Lipinski definition) is 3. The van der Waals surface area contributed by atoms with Crippen LogP contribution >= 0.6 is 15.9 Å². The van der Waals surface area contributed by atoms with Crippen molar-refractivity contribution in [3.05, 3.63) is 38.3 Å². The van der Waals surface area contributed by atoms with Crippen LogP contribution in [0.15, 0.2) is 22.7 Å². The molecule has 0 bridgehead atoms. The molecule has 98 valence electrons. The Morgan fingerprint density at radius 3 is 2.94 bits per heavy atom. The highest BCUT2D eigenvalue weighted by molar-refractivity contribution is 9.10. The summed E-state index contributed by atoms with van der Waals surface area (Å²) < 4.78 is 0.620. The van der Waals surface area contributed by atoms with E-state index < -0.39 is 0 Å². The van der Waals surface area contributed by atoms with Crippen molar-refractivity contribution in [2.24, 2.45) is 5.92 Å². The van der Waals surface area contributed by atoms with Crippen LogP contribution in [0.4, 0.5) is 5.69 Å². The second-order valence-electron chi connectivity index (χ2n) is 4.81. The quantitative estimate of drug-likeness (QED) is 0.630. The first kappa shape index (κ1) is 13.5. The first-order valence-electron chi connectivity index (χ1n) is 6.26. The van der Waals surface area contributed by atoms with E-state index in [0.717, 1.165) is 31.1 Å². The molecule has 4 nitrogen and oxygen atoms in total. The van der Waals surface area contributed by atoms with Crippen molar-refractivity contribution >= 4 is 21.6 Å². The van der Waals surface area contributed by atoms with E-state index in [1.165, 1.54) is 18.9 Å². The number of nitrogens with zero attached hydrogens (tertiary/aromatic N) is 2. The standard InChI is InChI=1S/C13H17BrN2O2/c1-2-10-6-7-15(8-10)9-11-4-3-5-12(13(11)14)16(17)18/h3-5,10H,2,6-9H2,1H3. The maximum atomic E-state index is 10.9. The minimum absolute atomic E-state index is 0.152. The second kappa shape index (κ2) is 5.80. The number of nitro benzene ring substituents is 1. The third kappa shape index (κ3) is 2.90. The average Bonchev–Trinajstić information content (AvgIpc) is 2.79. The van der Waals surface area contributed by atoms with Gasteiger partial charge in [0.1, 0.15) is 0 Å². The van der Waals surface area contributed by atoms with E-state index in [2.05, 4.69) is 27.8 Å². The Bertz CT molecular complexity index is 451. The molecular formula is C13H17BrN2O2. The Balaban J connectivity index is 2.10. The van der Waals surface area contributed by atoms with Gasteiger partial charge in [-0.25, -0.2) is 0 Å². The summed E-state index contributed by atoms with van der Waals surface area (Å²) in [6, 6.07) is 5.24. The van der Waals surface area contributed by atoms with Crippen LogP contribution in [0.5, 0.6) is 0 Å². The van der Waals surface area contributed by atoms with Crippen LogP contribution in [-0.4, -0.2) is 22.9 Å². The van der Waals surface area contributed by atoms with Crippen LogP contribution in [0.2, 0.25) is 0 Å². The first-order valence-corrected chi connectivity index (χ1v) is 7.05. The Morgan fingerprint density at radius 1 is 1.56 bits per heavy atom. The largest absolute Gasteiger partial charge is 0.299 e. The first-order chi connectivity index (χ1) is 8.61.